The van der Waals surface area contributed by atoms with Crippen molar-refractivity contribution in [3.63, 3.8) is 0 Å². The molecule has 0 aliphatic carbocycles. The minimum Gasteiger partial charge on any atom is -0.468 e. The quantitative estimate of drug-likeness (QED) is 0.362. The number of imidazole rings is 1. The highest BCUT2D eigenvalue weighted by atomic mass is 16.5. The molecule has 33 heavy (non-hydrogen) atoms. The van der Waals surface area contributed by atoms with Crippen LogP contribution >= 0.6 is 0 Å². The van der Waals surface area contributed by atoms with Gasteiger partial charge in [-0.1, -0.05) is 19.4 Å². The minimum absolute atomic E-state index is 0.0765. The zero-order valence-electron chi connectivity index (χ0n) is 20.0. The van der Waals surface area contributed by atoms with Gasteiger partial charge in [-0.15, -0.1) is 0 Å². The van der Waals surface area contributed by atoms with E-state index in [2.05, 4.69) is 38.7 Å². The largest absolute Gasteiger partial charge is 0.468 e. The van der Waals surface area contributed by atoms with Gasteiger partial charge >= 0.3 is 11.7 Å². The lowest BCUT2D eigenvalue weighted by molar-refractivity contribution is 0.0173. The van der Waals surface area contributed by atoms with Crippen molar-refractivity contribution in [2.24, 2.45) is 5.73 Å². The Morgan fingerprint density at radius 2 is 2.06 bits per heavy atom. The number of aromatic nitrogens is 5. The van der Waals surface area contributed by atoms with E-state index in [1.54, 1.807) is 12.3 Å². The second-order valence-corrected chi connectivity index (χ2v) is 8.57. The molecule has 0 saturated heterocycles. The van der Waals surface area contributed by atoms with Crippen LogP contribution in [0.5, 0.6) is 11.9 Å². The van der Waals surface area contributed by atoms with Gasteiger partial charge in [-0.05, 0) is 39.9 Å². The second kappa shape index (κ2) is 10.2. The van der Waals surface area contributed by atoms with Gasteiger partial charge in [0.05, 0.1) is 13.2 Å². The van der Waals surface area contributed by atoms with Crippen molar-refractivity contribution in [2.75, 3.05) is 33.0 Å². The topological polar surface area (TPSA) is 150 Å². The van der Waals surface area contributed by atoms with Gasteiger partial charge in [0.2, 0.25) is 5.88 Å². The first-order valence-electron chi connectivity index (χ1n) is 11.1. The molecular weight excluding hydrogens is 424 g/mol. The van der Waals surface area contributed by atoms with Crippen LogP contribution in [0.2, 0.25) is 0 Å². The summed E-state index contributed by atoms with van der Waals surface area (Å²) in [5, 5.41) is 0. The highest BCUT2D eigenvalue weighted by molar-refractivity contribution is 5.81. The molecule has 2 unspecified atom stereocenters. The van der Waals surface area contributed by atoms with E-state index in [1.165, 1.54) is 4.57 Å². The Hall–Kier alpha value is -3.18. The molecule has 3 rings (SSSR count). The van der Waals surface area contributed by atoms with Crippen molar-refractivity contribution in [1.29, 1.82) is 0 Å². The smallest absolute Gasteiger partial charge is 0.328 e. The van der Waals surface area contributed by atoms with E-state index in [0.29, 0.717) is 30.2 Å². The fraction of sp³-hybridized carbons (Fsp3) is 0.545. The molecule has 0 aliphatic heterocycles. The van der Waals surface area contributed by atoms with Crippen molar-refractivity contribution >= 4 is 17.0 Å². The Balaban J connectivity index is 1.82. The van der Waals surface area contributed by atoms with Crippen LogP contribution in [0.1, 0.15) is 39.2 Å². The maximum atomic E-state index is 12.6. The normalized spacial score (nSPS) is 14.4. The summed E-state index contributed by atoms with van der Waals surface area (Å²) in [6.07, 6.45) is 3.52. The molecular formula is C22H34N8O3. The van der Waals surface area contributed by atoms with Crippen molar-refractivity contribution in [1.82, 2.24) is 29.4 Å². The average Bonchev–Trinajstić information content (AvgIpc) is 3.10. The maximum Gasteiger partial charge on any atom is 0.328 e. The summed E-state index contributed by atoms with van der Waals surface area (Å²) in [6, 6.07) is 3.86. The van der Waals surface area contributed by atoms with Gasteiger partial charge in [0.25, 0.3) is 0 Å². The molecule has 180 valence electrons. The first-order valence-corrected chi connectivity index (χ1v) is 11.1. The molecule has 0 amide bonds. The number of nitrogens with zero attached hydrogens (tertiary/aromatic N) is 5. The number of ether oxygens (including phenoxy) is 2. The number of hydrogen-bond acceptors (Lipinski definition) is 9. The molecule has 2 atom stereocenters. The number of H-pyrrole nitrogens is 1. The number of fused-ring (bicyclic) bond motifs is 1. The van der Waals surface area contributed by atoms with E-state index in [1.807, 2.05) is 27.1 Å². The van der Waals surface area contributed by atoms with Gasteiger partial charge in [0.15, 0.2) is 11.5 Å². The molecule has 0 spiro atoms. The number of unbranched alkanes of at least 4 members (excludes halogenated alkanes) is 1. The van der Waals surface area contributed by atoms with Crippen LogP contribution in [0.3, 0.4) is 0 Å². The van der Waals surface area contributed by atoms with Crippen LogP contribution < -0.4 is 26.6 Å². The number of nitrogen functional groups attached to an aromatic ring is 1. The number of aromatic amines is 1. The van der Waals surface area contributed by atoms with Crippen molar-refractivity contribution in [3.8, 4) is 11.9 Å². The number of pyridine rings is 1. The summed E-state index contributed by atoms with van der Waals surface area (Å²) in [5.74, 6) is 0.630. The predicted molar refractivity (Wildman–Crippen MR) is 128 cm³/mol. The lowest BCUT2D eigenvalue weighted by Gasteiger charge is -2.38. The van der Waals surface area contributed by atoms with Gasteiger partial charge in [-0.25, -0.2) is 9.78 Å². The van der Waals surface area contributed by atoms with Crippen LogP contribution in [0.25, 0.3) is 11.2 Å². The predicted octanol–water partition coefficient (Wildman–Crippen LogP) is 1.37. The van der Waals surface area contributed by atoms with Crippen LogP contribution in [0.4, 0.5) is 5.82 Å². The fourth-order valence-electron chi connectivity index (χ4n) is 3.38. The molecule has 11 heteroatoms. The van der Waals surface area contributed by atoms with Crippen molar-refractivity contribution in [2.45, 2.75) is 51.8 Å². The molecule has 0 aromatic carbocycles. The molecule has 3 heterocycles. The van der Waals surface area contributed by atoms with Gasteiger partial charge in [-0.3, -0.25) is 4.57 Å². The molecule has 3 aromatic heterocycles. The van der Waals surface area contributed by atoms with E-state index >= 15 is 0 Å². The zero-order chi connectivity index (χ0) is 24.2. The number of nitrogens with one attached hydrogen (secondary N) is 1. The molecule has 3 aromatic rings. The second-order valence-electron chi connectivity index (χ2n) is 8.57. The first kappa shape index (κ1) is 24.5. The van der Waals surface area contributed by atoms with Crippen LogP contribution in [0.15, 0.2) is 23.1 Å². The molecule has 0 aliphatic rings. The maximum absolute atomic E-state index is 12.6. The summed E-state index contributed by atoms with van der Waals surface area (Å²) in [7, 11) is 3.96. The van der Waals surface area contributed by atoms with Gasteiger partial charge in [0, 0.05) is 24.8 Å². The number of anilines is 1. The number of nitrogens with two attached hydrogens (primary N) is 2. The first-order chi connectivity index (χ1) is 15.7. The minimum atomic E-state index is -0.603. The van der Waals surface area contributed by atoms with Gasteiger partial charge in [-0.2, -0.15) is 9.97 Å². The molecule has 0 radical (unpaired) electrons. The lowest BCUT2D eigenvalue weighted by atomic mass is 9.97. The molecule has 0 fully saturated rings. The van der Waals surface area contributed by atoms with E-state index < -0.39 is 5.60 Å². The lowest BCUT2D eigenvalue weighted by Crippen LogP contribution is -2.55. The standard InChI is InChI=1S/C22H34N8O3/c1-6-7-10-32-20-27-18(24)17-19(28-20)30(21(31)26-17)12-15-8-9-16(25-11-15)33-22(3,13-23)14(2)29(4)5/h8-9,11,14H,6-7,10,12-13,23H2,1-5H3,(H,26,31)(H2,24,27,28). The Kier molecular flexibility index (Phi) is 7.54. The Morgan fingerprint density at radius 3 is 2.67 bits per heavy atom. The van der Waals surface area contributed by atoms with E-state index in [9.17, 15) is 4.79 Å². The summed E-state index contributed by atoms with van der Waals surface area (Å²) >= 11 is 0. The van der Waals surface area contributed by atoms with E-state index in [-0.39, 0.29) is 30.1 Å². The number of hydrogen-bond donors (Lipinski definition) is 3. The monoisotopic (exact) mass is 458 g/mol. The van der Waals surface area contributed by atoms with Crippen molar-refractivity contribution in [3.05, 3.63) is 34.4 Å². The summed E-state index contributed by atoms with van der Waals surface area (Å²) in [4.78, 5) is 30.3. The summed E-state index contributed by atoms with van der Waals surface area (Å²) in [5.41, 5.74) is 12.6. The Morgan fingerprint density at radius 1 is 1.30 bits per heavy atom. The SMILES string of the molecule is CCCCOc1nc(N)c2[nH]c(=O)n(Cc3ccc(OC(C)(CN)C(C)N(C)C)nc3)c2n1. The third-order valence-electron chi connectivity index (χ3n) is 5.90. The number of rotatable bonds is 11. The Bertz CT molecular complexity index is 1130. The van der Waals surface area contributed by atoms with Crippen LogP contribution in [0, 0.1) is 0 Å². The van der Waals surface area contributed by atoms with Crippen molar-refractivity contribution < 1.29 is 9.47 Å². The third kappa shape index (κ3) is 5.42. The molecule has 0 bridgehead atoms. The van der Waals surface area contributed by atoms with Crippen LogP contribution in [-0.4, -0.2) is 68.3 Å². The zero-order valence-corrected chi connectivity index (χ0v) is 20.0. The fourth-order valence-corrected chi connectivity index (χ4v) is 3.38. The third-order valence-corrected chi connectivity index (χ3v) is 5.90. The van der Waals surface area contributed by atoms with Crippen LogP contribution in [-0.2, 0) is 6.54 Å². The van der Waals surface area contributed by atoms with Gasteiger partial charge < -0.3 is 30.8 Å². The summed E-state index contributed by atoms with van der Waals surface area (Å²) < 4.78 is 13.2. The highest BCUT2D eigenvalue weighted by Gasteiger charge is 2.34. The van der Waals surface area contributed by atoms with Gasteiger partial charge in [0.1, 0.15) is 11.1 Å². The number of likely N-dealkylation sites (N-methyl/N-ethyl adjacent to an activating group) is 1. The molecule has 11 nitrogen and oxygen atoms in total. The summed E-state index contributed by atoms with van der Waals surface area (Å²) in [6.45, 7) is 7.15. The molecule has 0 saturated carbocycles. The highest BCUT2D eigenvalue weighted by Crippen LogP contribution is 2.22. The Labute approximate surface area is 193 Å². The van der Waals surface area contributed by atoms with E-state index in [4.69, 9.17) is 20.9 Å². The molecule has 5 N–H and O–H groups in total. The van der Waals surface area contributed by atoms with E-state index in [0.717, 1.165) is 18.4 Å². The average molecular weight is 459 g/mol.